The van der Waals surface area contributed by atoms with Gasteiger partial charge in [0, 0.05) is 0 Å². The summed E-state index contributed by atoms with van der Waals surface area (Å²) in [6, 6.07) is -0.953. The molecule has 110 valence electrons. The number of hydrogen-bond acceptors (Lipinski definition) is 5. The van der Waals surface area contributed by atoms with Gasteiger partial charge in [-0.05, 0) is 27.2 Å². The summed E-state index contributed by atoms with van der Waals surface area (Å²) in [6.07, 6.45) is -0.807. The Kier molecular flexibility index (Phi) is 4.44. The van der Waals surface area contributed by atoms with Crippen LogP contribution in [-0.2, 0) is 19.4 Å². The quantitative estimate of drug-likeness (QED) is 0.762. The van der Waals surface area contributed by atoms with E-state index in [9.17, 15) is 18.0 Å². The Morgan fingerprint density at radius 2 is 1.89 bits per heavy atom. The molecule has 2 atom stereocenters. The summed E-state index contributed by atoms with van der Waals surface area (Å²) in [6.45, 7) is 5.00. The first-order valence-electron chi connectivity index (χ1n) is 5.93. The fraction of sp³-hybridized carbons (Fsp3) is 0.818. The molecule has 7 nitrogen and oxygen atoms in total. The van der Waals surface area contributed by atoms with E-state index in [1.165, 1.54) is 0 Å². The summed E-state index contributed by atoms with van der Waals surface area (Å²) >= 11 is 0. The van der Waals surface area contributed by atoms with E-state index in [4.69, 9.17) is 9.84 Å². The van der Waals surface area contributed by atoms with E-state index in [1.807, 2.05) is 0 Å². The third-order valence-electron chi connectivity index (χ3n) is 2.68. The van der Waals surface area contributed by atoms with E-state index in [1.54, 1.807) is 20.8 Å². The van der Waals surface area contributed by atoms with E-state index in [0.717, 1.165) is 0 Å². The van der Waals surface area contributed by atoms with Crippen LogP contribution in [0.1, 0.15) is 27.2 Å². The fourth-order valence-electron chi connectivity index (χ4n) is 1.88. The lowest BCUT2D eigenvalue weighted by Crippen LogP contribution is -2.52. The Hall–Kier alpha value is -1.31. The zero-order valence-corrected chi connectivity index (χ0v) is 12.0. The topological polar surface area (TPSA) is 110 Å². The third-order valence-corrected chi connectivity index (χ3v) is 4.40. The normalized spacial score (nSPS) is 26.5. The van der Waals surface area contributed by atoms with Crippen LogP contribution in [0.2, 0.25) is 0 Å². The molecule has 0 aliphatic carbocycles. The maximum atomic E-state index is 11.6. The highest BCUT2D eigenvalue weighted by Crippen LogP contribution is 2.20. The van der Waals surface area contributed by atoms with Gasteiger partial charge in [-0.2, -0.15) is 0 Å². The van der Waals surface area contributed by atoms with Gasteiger partial charge in [-0.3, -0.25) is 4.79 Å². The van der Waals surface area contributed by atoms with Crippen LogP contribution in [0.25, 0.3) is 0 Å². The van der Waals surface area contributed by atoms with Crippen molar-refractivity contribution in [2.24, 2.45) is 5.92 Å². The van der Waals surface area contributed by atoms with Crippen LogP contribution < -0.4 is 5.32 Å². The first kappa shape index (κ1) is 15.7. The standard InChI is InChI=1S/C11H19NO6S/c1-11(2,3)18-10(15)12-8-6-19(16,17)5-4-7(8)9(13)14/h7-8H,4-6H2,1-3H3,(H,12,15)(H,13,14). The number of rotatable bonds is 2. The number of nitrogens with one attached hydrogen (secondary N) is 1. The summed E-state index contributed by atoms with van der Waals surface area (Å²) in [7, 11) is -3.32. The van der Waals surface area contributed by atoms with Gasteiger partial charge in [-0.1, -0.05) is 0 Å². The SMILES string of the molecule is CC(C)(C)OC(=O)NC1CS(=O)(=O)CCC1C(=O)O. The number of carbonyl (C=O) groups is 2. The molecular formula is C11H19NO6S. The summed E-state index contributed by atoms with van der Waals surface area (Å²) in [4.78, 5) is 22.6. The number of sulfone groups is 1. The van der Waals surface area contributed by atoms with Crippen LogP contribution in [0, 0.1) is 5.92 Å². The molecule has 1 fully saturated rings. The predicted octanol–water partition coefficient (Wildman–Crippen LogP) is 0.399. The summed E-state index contributed by atoms with van der Waals surface area (Å²) in [5.41, 5.74) is -0.726. The highest BCUT2D eigenvalue weighted by molar-refractivity contribution is 7.91. The lowest BCUT2D eigenvalue weighted by molar-refractivity contribution is -0.142. The molecule has 1 aliphatic rings. The molecule has 2 N–H and O–H groups in total. The number of hydrogen-bond donors (Lipinski definition) is 2. The molecular weight excluding hydrogens is 274 g/mol. The number of ether oxygens (including phenoxy) is 1. The Morgan fingerprint density at radius 3 is 2.37 bits per heavy atom. The van der Waals surface area contributed by atoms with Crippen LogP contribution in [0.15, 0.2) is 0 Å². The van der Waals surface area contributed by atoms with Gasteiger partial charge in [0.05, 0.1) is 23.5 Å². The minimum absolute atomic E-state index is 0.00185. The molecule has 0 aromatic rings. The van der Waals surface area contributed by atoms with Crippen molar-refractivity contribution >= 4 is 21.9 Å². The zero-order valence-electron chi connectivity index (χ0n) is 11.2. The van der Waals surface area contributed by atoms with Gasteiger partial charge in [-0.25, -0.2) is 13.2 Å². The second-order valence-corrected chi connectivity index (χ2v) is 7.83. The van der Waals surface area contributed by atoms with Gasteiger partial charge in [0.25, 0.3) is 0 Å². The highest BCUT2D eigenvalue weighted by atomic mass is 32.2. The number of carboxylic acids is 1. The maximum absolute atomic E-state index is 11.6. The molecule has 1 heterocycles. The molecule has 19 heavy (non-hydrogen) atoms. The molecule has 8 heteroatoms. The zero-order chi connectivity index (χ0) is 14.8. The summed E-state index contributed by atoms with van der Waals surface area (Å²) < 4.78 is 28.0. The number of carboxylic acid groups (broad SMARTS) is 1. The Morgan fingerprint density at radius 1 is 1.32 bits per heavy atom. The van der Waals surface area contributed by atoms with Gasteiger partial charge in [0.15, 0.2) is 9.84 Å². The molecule has 1 amide bonds. The average Bonchev–Trinajstić information content (AvgIpc) is 2.11. The first-order valence-corrected chi connectivity index (χ1v) is 7.75. The van der Waals surface area contributed by atoms with Crippen molar-refractivity contribution in [2.75, 3.05) is 11.5 Å². The molecule has 1 rings (SSSR count). The Balaban J connectivity index is 2.76. The van der Waals surface area contributed by atoms with Crippen molar-refractivity contribution in [2.45, 2.75) is 38.8 Å². The van der Waals surface area contributed by atoms with E-state index >= 15 is 0 Å². The van der Waals surface area contributed by atoms with E-state index in [0.29, 0.717) is 0 Å². The monoisotopic (exact) mass is 293 g/mol. The van der Waals surface area contributed by atoms with Gasteiger partial charge in [0.1, 0.15) is 5.60 Å². The molecule has 1 aliphatic heterocycles. The molecule has 2 unspecified atom stereocenters. The molecule has 0 aromatic carbocycles. The molecule has 0 spiro atoms. The largest absolute Gasteiger partial charge is 0.481 e. The molecule has 0 bridgehead atoms. The third kappa shape index (κ3) is 5.06. The van der Waals surface area contributed by atoms with Crippen LogP contribution in [0.3, 0.4) is 0 Å². The lowest BCUT2D eigenvalue weighted by Gasteiger charge is -2.30. The van der Waals surface area contributed by atoms with Crippen LogP contribution in [0.5, 0.6) is 0 Å². The number of alkyl carbamates (subject to hydrolysis) is 1. The minimum Gasteiger partial charge on any atom is -0.481 e. The van der Waals surface area contributed by atoms with Crippen LogP contribution >= 0.6 is 0 Å². The van der Waals surface area contributed by atoms with Crippen LogP contribution in [0.4, 0.5) is 4.79 Å². The van der Waals surface area contributed by atoms with Crippen molar-refractivity contribution < 1.29 is 27.9 Å². The lowest BCUT2D eigenvalue weighted by atomic mass is 9.98. The molecule has 0 radical (unpaired) electrons. The second-order valence-electron chi connectivity index (χ2n) is 5.60. The Labute approximate surface area is 112 Å². The van der Waals surface area contributed by atoms with E-state index in [-0.39, 0.29) is 17.9 Å². The average molecular weight is 293 g/mol. The van der Waals surface area contributed by atoms with E-state index in [2.05, 4.69) is 5.32 Å². The predicted molar refractivity (Wildman–Crippen MR) is 67.6 cm³/mol. The first-order chi connectivity index (χ1) is 8.50. The minimum atomic E-state index is -3.32. The van der Waals surface area contributed by atoms with Crippen molar-refractivity contribution in [3.8, 4) is 0 Å². The van der Waals surface area contributed by atoms with Crippen molar-refractivity contribution in [1.29, 1.82) is 0 Å². The van der Waals surface area contributed by atoms with Crippen molar-refractivity contribution in [3.05, 3.63) is 0 Å². The maximum Gasteiger partial charge on any atom is 0.407 e. The van der Waals surface area contributed by atoms with Gasteiger partial charge in [-0.15, -0.1) is 0 Å². The van der Waals surface area contributed by atoms with Crippen LogP contribution in [-0.4, -0.2) is 48.7 Å². The van der Waals surface area contributed by atoms with Crippen molar-refractivity contribution in [3.63, 3.8) is 0 Å². The highest BCUT2D eigenvalue weighted by Gasteiger charge is 2.38. The number of amides is 1. The summed E-state index contributed by atoms with van der Waals surface area (Å²) in [5, 5.41) is 11.4. The van der Waals surface area contributed by atoms with Gasteiger partial charge < -0.3 is 15.2 Å². The number of aliphatic carboxylic acids is 1. The second kappa shape index (κ2) is 5.36. The molecule has 0 aromatic heterocycles. The molecule has 0 saturated carbocycles. The van der Waals surface area contributed by atoms with E-state index < -0.39 is 39.5 Å². The van der Waals surface area contributed by atoms with Crippen molar-refractivity contribution in [1.82, 2.24) is 5.32 Å². The number of carbonyl (C=O) groups excluding carboxylic acids is 1. The molecule has 1 saturated heterocycles. The summed E-state index contributed by atoms with van der Waals surface area (Å²) in [5.74, 6) is -2.56. The fourth-order valence-corrected chi connectivity index (χ4v) is 3.52. The van der Waals surface area contributed by atoms with Gasteiger partial charge >= 0.3 is 12.1 Å². The van der Waals surface area contributed by atoms with Gasteiger partial charge in [0.2, 0.25) is 0 Å². The Bertz CT molecular complexity index is 464. The smallest absolute Gasteiger partial charge is 0.407 e.